The monoisotopic (exact) mass is 272 g/mol. The maximum Gasteiger partial charge on any atom is 0.227 e. The van der Waals surface area contributed by atoms with Crippen molar-refractivity contribution in [3.05, 3.63) is 29.8 Å². The van der Waals surface area contributed by atoms with Gasteiger partial charge in [0.15, 0.2) is 5.96 Å². The fourth-order valence-corrected chi connectivity index (χ4v) is 2.66. The second-order valence-corrected chi connectivity index (χ2v) is 5.30. The molecule has 1 N–H and O–H groups in total. The number of hydrogen-bond acceptors (Lipinski definition) is 4. The maximum absolute atomic E-state index is 11.8. The molecule has 2 aliphatic heterocycles. The summed E-state index contributed by atoms with van der Waals surface area (Å²) in [6.07, 6.45) is 1.63. The average molecular weight is 272 g/mol. The average Bonchev–Trinajstić information content (AvgIpc) is 3.05. The Bertz CT molecular complexity index is 540. The molecule has 0 aromatic heterocycles. The van der Waals surface area contributed by atoms with Crippen molar-refractivity contribution in [3.63, 3.8) is 0 Å². The first-order chi connectivity index (χ1) is 9.74. The van der Waals surface area contributed by atoms with Gasteiger partial charge in [-0.3, -0.25) is 9.79 Å². The van der Waals surface area contributed by atoms with Crippen LogP contribution in [0.15, 0.2) is 29.3 Å². The number of carbonyl (C=O) groups excluding carboxylic acids is 1. The lowest BCUT2D eigenvalue weighted by Gasteiger charge is -2.18. The molecule has 0 saturated carbocycles. The van der Waals surface area contributed by atoms with Crippen LogP contribution in [0.1, 0.15) is 18.4 Å². The zero-order valence-corrected chi connectivity index (χ0v) is 11.8. The zero-order valence-electron chi connectivity index (χ0n) is 11.8. The smallest absolute Gasteiger partial charge is 0.227 e. The highest BCUT2D eigenvalue weighted by molar-refractivity contribution is 5.95. The van der Waals surface area contributed by atoms with E-state index in [1.165, 1.54) is 5.56 Å². The Morgan fingerprint density at radius 1 is 1.35 bits per heavy atom. The van der Waals surface area contributed by atoms with Crippen LogP contribution < -0.4 is 10.2 Å². The SMILES string of the molecule is CN1CCN=C1NCc1cccc(N2CCCC2=O)c1. The molecule has 1 aromatic carbocycles. The molecule has 1 saturated heterocycles. The van der Waals surface area contributed by atoms with E-state index in [9.17, 15) is 4.79 Å². The van der Waals surface area contributed by atoms with Crippen molar-refractivity contribution in [2.45, 2.75) is 19.4 Å². The second-order valence-electron chi connectivity index (χ2n) is 5.30. The summed E-state index contributed by atoms with van der Waals surface area (Å²) in [4.78, 5) is 20.2. The lowest BCUT2D eigenvalue weighted by atomic mass is 10.2. The van der Waals surface area contributed by atoms with E-state index in [1.807, 2.05) is 24.1 Å². The molecule has 0 radical (unpaired) electrons. The minimum absolute atomic E-state index is 0.231. The van der Waals surface area contributed by atoms with Gasteiger partial charge < -0.3 is 15.1 Å². The second kappa shape index (κ2) is 5.53. The molecule has 0 spiro atoms. The minimum Gasteiger partial charge on any atom is -0.352 e. The molecule has 5 nitrogen and oxygen atoms in total. The van der Waals surface area contributed by atoms with Crippen LogP contribution >= 0.6 is 0 Å². The normalized spacial score (nSPS) is 18.6. The van der Waals surface area contributed by atoms with Crippen molar-refractivity contribution in [1.82, 2.24) is 10.2 Å². The Labute approximate surface area is 119 Å². The van der Waals surface area contributed by atoms with E-state index in [0.717, 1.165) is 44.2 Å². The first-order valence-electron chi connectivity index (χ1n) is 7.13. The Hall–Kier alpha value is -2.04. The summed E-state index contributed by atoms with van der Waals surface area (Å²) in [5, 5.41) is 3.35. The van der Waals surface area contributed by atoms with Crippen molar-refractivity contribution >= 4 is 17.6 Å². The van der Waals surface area contributed by atoms with Crippen molar-refractivity contribution in [2.24, 2.45) is 4.99 Å². The highest BCUT2D eigenvalue weighted by atomic mass is 16.2. The molecule has 0 unspecified atom stereocenters. The predicted octanol–water partition coefficient (Wildman–Crippen LogP) is 1.20. The van der Waals surface area contributed by atoms with Crippen molar-refractivity contribution in [1.29, 1.82) is 0 Å². The first-order valence-corrected chi connectivity index (χ1v) is 7.13. The Kier molecular flexibility index (Phi) is 3.58. The lowest BCUT2D eigenvalue weighted by Crippen LogP contribution is -2.35. The molecule has 1 fully saturated rings. The van der Waals surface area contributed by atoms with Crippen molar-refractivity contribution < 1.29 is 4.79 Å². The number of guanidine groups is 1. The molecule has 2 heterocycles. The standard InChI is InChI=1S/C15H20N4O/c1-18-9-7-16-15(18)17-11-12-4-2-5-13(10-12)19-8-3-6-14(19)20/h2,4-5,10H,3,6-9,11H2,1H3,(H,16,17). The molecule has 5 heteroatoms. The van der Waals surface area contributed by atoms with Gasteiger partial charge in [-0.05, 0) is 24.1 Å². The van der Waals surface area contributed by atoms with E-state index in [1.54, 1.807) is 0 Å². The van der Waals surface area contributed by atoms with Gasteiger partial charge in [-0.25, -0.2) is 0 Å². The summed E-state index contributed by atoms with van der Waals surface area (Å²) >= 11 is 0. The van der Waals surface area contributed by atoms with Crippen LogP contribution in [0, 0.1) is 0 Å². The minimum atomic E-state index is 0.231. The van der Waals surface area contributed by atoms with Crippen LogP contribution in [-0.4, -0.2) is 43.4 Å². The molecular weight excluding hydrogens is 252 g/mol. The van der Waals surface area contributed by atoms with Crippen LogP contribution in [0.3, 0.4) is 0 Å². The fraction of sp³-hybridized carbons (Fsp3) is 0.467. The van der Waals surface area contributed by atoms with E-state index in [2.05, 4.69) is 27.3 Å². The Morgan fingerprint density at radius 3 is 2.95 bits per heavy atom. The number of likely N-dealkylation sites (N-methyl/N-ethyl adjacent to an activating group) is 1. The van der Waals surface area contributed by atoms with Crippen LogP contribution in [0.25, 0.3) is 0 Å². The highest BCUT2D eigenvalue weighted by Gasteiger charge is 2.21. The molecule has 0 bridgehead atoms. The predicted molar refractivity (Wildman–Crippen MR) is 79.8 cm³/mol. The van der Waals surface area contributed by atoms with Gasteiger partial charge in [0.05, 0.1) is 6.54 Å². The lowest BCUT2D eigenvalue weighted by molar-refractivity contribution is -0.117. The van der Waals surface area contributed by atoms with E-state index < -0.39 is 0 Å². The molecule has 1 amide bonds. The van der Waals surface area contributed by atoms with Crippen LogP contribution in [-0.2, 0) is 11.3 Å². The van der Waals surface area contributed by atoms with Crippen molar-refractivity contribution in [2.75, 3.05) is 31.6 Å². The number of aliphatic imine (C=N–C) groups is 1. The summed E-state index contributed by atoms with van der Waals surface area (Å²) in [6, 6.07) is 8.18. The van der Waals surface area contributed by atoms with E-state index >= 15 is 0 Å². The number of carbonyl (C=O) groups is 1. The van der Waals surface area contributed by atoms with Crippen LogP contribution in [0.4, 0.5) is 5.69 Å². The Balaban J connectivity index is 1.67. The van der Waals surface area contributed by atoms with Gasteiger partial charge in [0.25, 0.3) is 0 Å². The molecule has 3 rings (SSSR count). The topological polar surface area (TPSA) is 47.9 Å². The number of benzene rings is 1. The van der Waals surface area contributed by atoms with Gasteiger partial charge in [-0.2, -0.15) is 0 Å². The Morgan fingerprint density at radius 2 is 2.25 bits per heavy atom. The molecule has 1 aromatic rings. The molecule has 20 heavy (non-hydrogen) atoms. The van der Waals surface area contributed by atoms with E-state index in [-0.39, 0.29) is 5.91 Å². The third kappa shape index (κ3) is 2.61. The molecule has 0 aliphatic carbocycles. The van der Waals surface area contributed by atoms with Crippen LogP contribution in [0.5, 0.6) is 0 Å². The molecule has 0 atom stereocenters. The molecule has 2 aliphatic rings. The van der Waals surface area contributed by atoms with Gasteiger partial charge in [-0.1, -0.05) is 12.1 Å². The summed E-state index contributed by atoms with van der Waals surface area (Å²) in [5.41, 5.74) is 2.18. The van der Waals surface area contributed by atoms with Gasteiger partial charge in [-0.15, -0.1) is 0 Å². The zero-order chi connectivity index (χ0) is 13.9. The molecular formula is C15H20N4O. The van der Waals surface area contributed by atoms with Gasteiger partial charge in [0.2, 0.25) is 5.91 Å². The third-order valence-corrected chi connectivity index (χ3v) is 3.80. The summed E-state index contributed by atoms with van der Waals surface area (Å²) < 4.78 is 0. The highest BCUT2D eigenvalue weighted by Crippen LogP contribution is 2.22. The van der Waals surface area contributed by atoms with Gasteiger partial charge >= 0.3 is 0 Å². The fourth-order valence-electron chi connectivity index (χ4n) is 2.66. The number of amides is 1. The van der Waals surface area contributed by atoms with Crippen molar-refractivity contribution in [3.8, 4) is 0 Å². The quantitative estimate of drug-likeness (QED) is 0.899. The number of rotatable bonds is 3. The van der Waals surface area contributed by atoms with Gasteiger partial charge in [0, 0.05) is 38.8 Å². The van der Waals surface area contributed by atoms with E-state index in [0.29, 0.717) is 6.42 Å². The number of anilines is 1. The number of nitrogens with zero attached hydrogens (tertiary/aromatic N) is 3. The largest absolute Gasteiger partial charge is 0.352 e. The number of hydrogen-bond donors (Lipinski definition) is 1. The van der Waals surface area contributed by atoms with Crippen LogP contribution in [0.2, 0.25) is 0 Å². The molecule has 106 valence electrons. The first kappa shape index (κ1) is 13.0. The maximum atomic E-state index is 11.8. The summed E-state index contributed by atoms with van der Waals surface area (Å²) in [6.45, 7) is 3.41. The van der Waals surface area contributed by atoms with Gasteiger partial charge in [0.1, 0.15) is 0 Å². The summed E-state index contributed by atoms with van der Waals surface area (Å²) in [7, 11) is 2.04. The third-order valence-electron chi connectivity index (χ3n) is 3.80. The number of nitrogens with one attached hydrogen (secondary N) is 1. The van der Waals surface area contributed by atoms with E-state index in [4.69, 9.17) is 0 Å². The summed E-state index contributed by atoms with van der Waals surface area (Å²) in [5.74, 6) is 1.18.